The number of carbonyl (C=O) groups is 1. The summed E-state index contributed by atoms with van der Waals surface area (Å²) in [5.41, 5.74) is 0.594. The molecule has 3 nitrogen and oxygen atoms in total. The quantitative estimate of drug-likeness (QED) is 0.602. The van der Waals surface area contributed by atoms with Crippen molar-refractivity contribution in [3.05, 3.63) is 29.0 Å². The molecule has 4 heteroatoms. The van der Waals surface area contributed by atoms with E-state index in [0.717, 1.165) is 6.42 Å². The molecule has 1 heterocycles. The zero-order valence-electron chi connectivity index (χ0n) is 9.79. The molecule has 0 aliphatic carbocycles. The summed E-state index contributed by atoms with van der Waals surface area (Å²) in [6, 6.07) is 3.18. The first-order valence-corrected chi connectivity index (χ1v) is 5.55. The van der Waals surface area contributed by atoms with Crippen molar-refractivity contribution in [3.8, 4) is 0 Å². The third-order valence-corrected chi connectivity index (χ3v) is 2.27. The number of aromatic nitrogens is 1. The highest BCUT2D eigenvalue weighted by molar-refractivity contribution is 6.29. The van der Waals surface area contributed by atoms with E-state index in [1.807, 2.05) is 0 Å². The number of carbonyl (C=O) groups excluding carboxylic acids is 1. The van der Waals surface area contributed by atoms with E-state index in [9.17, 15) is 4.79 Å². The minimum absolute atomic E-state index is 0.165. The number of pyridine rings is 1. The number of nitrogens with zero attached hydrogens (tertiary/aromatic N) is 1. The van der Waals surface area contributed by atoms with Gasteiger partial charge in [-0.05, 0) is 24.0 Å². The number of esters is 1. The molecule has 0 bridgehead atoms. The Bertz CT molecular complexity index is 354. The molecule has 0 N–H and O–H groups in total. The Labute approximate surface area is 101 Å². The van der Waals surface area contributed by atoms with Crippen LogP contribution in [0.4, 0.5) is 0 Å². The van der Waals surface area contributed by atoms with Gasteiger partial charge in [-0.15, -0.1) is 0 Å². The van der Waals surface area contributed by atoms with Crippen molar-refractivity contribution in [3.63, 3.8) is 0 Å². The molecule has 88 valence electrons. The van der Waals surface area contributed by atoms with Crippen LogP contribution in [0.1, 0.15) is 37.6 Å². The first-order chi connectivity index (χ1) is 7.38. The summed E-state index contributed by atoms with van der Waals surface area (Å²) in [4.78, 5) is 15.4. The zero-order valence-corrected chi connectivity index (χ0v) is 10.5. The van der Waals surface area contributed by atoms with Crippen LogP contribution in [0.5, 0.6) is 0 Å². The van der Waals surface area contributed by atoms with Gasteiger partial charge in [-0.25, -0.2) is 9.78 Å². The molecule has 0 fully saturated rings. The van der Waals surface area contributed by atoms with Crippen molar-refractivity contribution in [1.82, 2.24) is 4.98 Å². The van der Waals surface area contributed by atoms with Crippen LogP contribution >= 0.6 is 11.6 Å². The Morgan fingerprint density at radius 3 is 2.62 bits per heavy atom. The van der Waals surface area contributed by atoms with E-state index in [4.69, 9.17) is 16.3 Å². The lowest BCUT2D eigenvalue weighted by Gasteiger charge is -2.17. The van der Waals surface area contributed by atoms with Crippen LogP contribution in [0.3, 0.4) is 0 Å². The maximum Gasteiger partial charge on any atom is 0.339 e. The number of rotatable bonds is 3. The number of hydrogen-bond donors (Lipinski definition) is 0. The van der Waals surface area contributed by atoms with Gasteiger partial charge in [0, 0.05) is 6.20 Å². The maximum atomic E-state index is 11.5. The smallest absolute Gasteiger partial charge is 0.339 e. The first-order valence-electron chi connectivity index (χ1n) is 5.17. The van der Waals surface area contributed by atoms with E-state index in [1.165, 1.54) is 6.20 Å². The summed E-state index contributed by atoms with van der Waals surface area (Å²) in [7, 11) is 0. The maximum absolute atomic E-state index is 11.5. The second-order valence-electron chi connectivity index (χ2n) is 4.82. The Balaban J connectivity index is 2.44. The average molecular weight is 242 g/mol. The molecule has 0 unspecified atom stereocenters. The Hall–Kier alpha value is -1.09. The van der Waals surface area contributed by atoms with Crippen LogP contribution in [0.25, 0.3) is 0 Å². The normalized spacial score (nSPS) is 11.2. The van der Waals surface area contributed by atoms with Gasteiger partial charge in [-0.1, -0.05) is 32.4 Å². The third kappa shape index (κ3) is 4.62. The van der Waals surface area contributed by atoms with E-state index >= 15 is 0 Å². The number of halogens is 1. The SMILES string of the molecule is CC(C)(C)CCOC(=O)c1ccc(Cl)nc1. The second kappa shape index (κ2) is 5.30. The van der Waals surface area contributed by atoms with E-state index in [1.54, 1.807) is 12.1 Å². The van der Waals surface area contributed by atoms with E-state index in [0.29, 0.717) is 17.3 Å². The molecular weight excluding hydrogens is 226 g/mol. The van der Waals surface area contributed by atoms with E-state index in [-0.39, 0.29) is 11.4 Å². The van der Waals surface area contributed by atoms with Gasteiger partial charge in [0.1, 0.15) is 5.15 Å². The van der Waals surface area contributed by atoms with Crippen LogP contribution < -0.4 is 0 Å². The molecule has 16 heavy (non-hydrogen) atoms. The Morgan fingerprint density at radius 1 is 1.44 bits per heavy atom. The Kier molecular flexibility index (Phi) is 4.30. The highest BCUT2D eigenvalue weighted by Crippen LogP contribution is 2.18. The molecule has 0 amide bonds. The molecule has 0 atom stereocenters. The van der Waals surface area contributed by atoms with Gasteiger partial charge in [0.15, 0.2) is 0 Å². The summed E-state index contributed by atoms with van der Waals surface area (Å²) in [5.74, 6) is -0.353. The van der Waals surface area contributed by atoms with Gasteiger partial charge >= 0.3 is 5.97 Å². The molecule has 0 aromatic carbocycles. The summed E-state index contributed by atoms with van der Waals surface area (Å²) in [6.45, 7) is 6.73. The topological polar surface area (TPSA) is 39.2 Å². The molecule has 1 rings (SSSR count). The fraction of sp³-hybridized carbons (Fsp3) is 0.500. The highest BCUT2D eigenvalue weighted by atomic mass is 35.5. The molecule has 0 saturated heterocycles. The van der Waals surface area contributed by atoms with Crippen molar-refractivity contribution in [2.75, 3.05) is 6.61 Å². The molecule has 0 spiro atoms. The van der Waals surface area contributed by atoms with Crippen LogP contribution in [0.2, 0.25) is 5.15 Å². The highest BCUT2D eigenvalue weighted by Gasteiger charge is 2.12. The van der Waals surface area contributed by atoms with Crippen molar-refractivity contribution in [1.29, 1.82) is 0 Å². The summed E-state index contributed by atoms with van der Waals surface area (Å²) >= 11 is 5.62. The third-order valence-electron chi connectivity index (χ3n) is 2.05. The van der Waals surface area contributed by atoms with Gasteiger partial charge in [-0.2, -0.15) is 0 Å². The van der Waals surface area contributed by atoms with E-state index < -0.39 is 0 Å². The summed E-state index contributed by atoms with van der Waals surface area (Å²) in [6.07, 6.45) is 2.25. The molecule has 0 saturated carbocycles. The van der Waals surface area contributed by atoms with Crippen molar-refractivity contribution >= 4 is 17.6 Å². The average Bonchev–Trinajstić information content (AvgIpc) is 2.16. The molecule has 0 radical (unpaired) electrons. The molecule has 0 aliphatic rings. The predicted octanol–water partition coefficient (Wildman–Crippen LogP) is 3.33. The van der Waals surface area contributed by atoms with Crippen LogP contribution in [-0.4, -0.2) is 17.6 Å². The van der Waals surface area contributed by atoms with Gasteiger partial charge < -0.3 is 4.74 Å². The molecular formula is C12H16ClNO2. The van der Waals surface area contributed by atoms with Crippen molar-refractivity contribution < 1.29 is 9.53 Å². The lowest BCUT2D eigenvalue weighted by Crippen LogP contribution is -2.13. The van der Waals surface area contributed by atoms with Gasteiger partial charge in [0.25, 0.3) is 0 Å². The van der Waals surface area contributed by atoms with Crippen LogP contribution in [-0.2, 0) is 4.74 Å². The number of hydrogen-bond acceptors (Lipinski definition) is 3. The lowest BCUT2D eigenvalue weighted by atomic mass is 9.93. The van der Waals surface area contributed by atoms with Crippen LogP contribution in [0, 0.1) is 5.41 Å². The minimum Gasteiger partial charge on any atom is -0.462 e. The van der Waals surface area contributed by atoms with Gasteiger partial charge in [0.2, 0.25) is 0 Å². The first kappa shape index (κ1) is 13.0. The number of ether oxygens (including phenoxy) is 1. The predicted molar refractivity (Wildman–Crippen MR) is 63.6 cm³/mol. The summed E-state index contributed by atoms with van der Waals surface area (Å²) in [5, 5.41) is 0.367. The minimum atomic E-state index is -0.353. The lowest BCUT2D eigenvalue weighted by molar-refractivity contribution is 0.0464. The standard InChI is InChI=1S/C12H16ClNO2/c1-12(2,3)6-7-16-11(15)9-4-5-10(13)14-8-9/h4-5,8H,6-7H2,1-3H3. The van der Waals surface area contributed by atoms with Crippen molar-refractivity contribution in [2.45, 2.75) is 27.2 Å². The molecule has 1 aromatic rings. The zero-order chi connectivity index (χ0) is 12.2. The fourth-order valence-electron chi connectivity index (χ4n) is 1.03. The van der Waals surface area contributed by atoms with Gasteiger partial charge in [-0.3, -0.25) is 0 Å². The fourth-order valence-corrected chi connectivity index (χ4v) is 1.14. The van der Waals surface area contributed by atoms with Crippen LogP contribution in [0.15, 0.2) is 18.3 Å². The largest absolute Gasteiger partial charge is 0.462 e. The van der Waals surface area contributed by atoms with Gasteiger partial charge in [0.05, 0.1) is 12.2 Å². The molecule has 1 aromatic heterocycles. The molecule has 0 aliphatic heterocycles. The second-order valence-corrected chi connectivity index (χ2v) is 5.20. The van der Waals surface area contributed by atoms with Crippen molar-refractivity contribution in [2.24, 2.45) is 5.41 Å². The van der Waals surface area contributed by atoms with E-state index in [2.05, 4.69) is 25.8 Å². The monoisotopic (exact) mass is 241 g/mol. The summed E-state index contributed by atoms with van der Waals surface area (Å²) < 4.78 is 5.12. The Morgan fingerprint density at radius 2 is 2.12 bits per heavy atom.